The van der Waals surface area contributed by atoms with Crippen LogP contribution in [0.1, 0.15) is 17.5 Å². The van der Waals surface area contributed by atoms with Crippen LogP contribution in [0.2, 0.25) is 0 Å². The topological polar surface area (TPSA) is 83.8 Å². The quantitative estimate of drug-likeness (QED) is 0.364. The Bertz CT molecular complexity index is 1350. The summed E-state index contributed by atoms with van der Waals surface area (Å²) in [7, 11) is 0. The molecule has 6 rings (SSSR count). The molecule has 1 aliphatic heterocycles. The third-order valence-corrected chi connectivity index (χ3v) is 7.23. The van der Waals surface area contributed by atoms with E-state index in [-0.39, 0.29) is 47.9 Å². The molecule has 0 radical (unpaired) electrons. The van der Waals surface area contributed by atoms with E-state index >= 15 is 0 Å². The number of imide groups is 1. The number of hydrazone groups is 1. The molecule has 2 heterocycles. The van der Waals surface area contributed by atoms with E-state index in [0.29, 0.717) is 0 Å². The van der Waals surface area contributed by atoms with Crippen molar-refractivity contribution in [3.63, 3.8) is 0 Å². The second kappa shape index (κ2) is 7.80. The monoisotopic (exact) mass is 452 g/mol. The zero-order valence-corrected chi connectivity index (χ0v) is 18.7. The number of anilines is 1. The van der Waals surface area contributed by atoms with Gasteiger partial charge in [-0.05, 0) is 43.4 Å². The summed E-state index contributed by atoms with van der Waals surface area (Å²) in [5.41, 5.74) is 3.49. The van der Waals surface area contributed by atoms with Gasteiger partial charge in [0.15, 0.2) is 0 Å². The third kappa shape index (κ3) is 3.27. The molecule has 0 spiro atoms. The molecule has 0 unspecified atom stereocenters. The third-order valence-electron chi connectivity index (χ3n) is 7.23. The fourth-order valence-corrected chi connectivity index (χ4v) is 5.62. The lowest BCUT2D eigenvalue weighted by atomic mass is 9.85. The second-order valence-electron chi connectivity index (χ2n) is 9.38. The van der Waals surface area contributed by atoms with E-state index < -0.39 is 0 Å². The summed E-state index contributed by atoms with van der Waals surface area (Å²) >= 11 is 0. The molecule has 1 saturated carbocycles. The fraction of sp³-hybridized carbons (Fsp3) is 0.259. The zero-order chi connectivity index (χ0) is 23.4. The first-order chi connectivity index (χ1) is 16.5. The van der Waals surface area contributed by atoms with Gasteiger partial charge in [0.25, 0.3) is 11.8 Å². The summed E-state index contributed by atoms with van der Waals surface area (Å²) in [4.78, 5) is 38.5. The molecule has 4 atom stereocenters. The predicted molar refractivity (Wildman–Crippen MR) is 129 cm³/mol. The Labute approximate surface area is 196 Å². The molecule has 1 saturated heterocycles. The van der Waals surface area contributed by atoms with Crippen molar-refractivity contribution in [3.05, 3.63) is 78.0 Å². The molecule has 3 amide bonds. The van der Waals surface area contributed by atoms with Crippen LogP contribution in [0.4, 0.5) is 5.69 Å². The number of carbonyl (C=O) groups is 3. The number of para-hydroxylation sites is 1. The van der Waals surface area contributed by atoms with Crippen molar-refractivity contribution >= 4 is 40.5 Å². The maximum Gasteiger partial charge on any atom is 0.254 e. The number of carbonyl (C=O) groups excluding carboxylic acids is 3. The average Bonchev–Trinajstić information content (AvgIpc) is 3.58. The molecule has 2 fully saturated rings. The van der Waals surface area contributed by atoms with Crippen molar-refractivity contribution in [2.75, 3.05) is 5.32 Å². The van der Waals surface area contributed by atoms with Crippen LogP contribution in [0.5, 0.6) is 0 Å². The van der Waals surface area contributed by atoms with Gasteiger partial charge in [-0.25, -0.2) is 0 Å². The van der Waals surface area contributed by atoms with Crippen molar-refractivity contribution in [2.45, 2.75) is 19.9 Å². The normalized spacial score (nSPS) is 25.1. The van der Waals surface area contributed by atoms with Crippen molar-refractivity contribution < 1.29 is 14.4 Å². The minimum absolute atomic E-state index is 0.128. The molecule has 34 heavy (non-hydrogen) atoms. The Morgan fingerprint density at radius 3 is 2.41 bits per heavy atom. The zero-order valence-electron chi connectivity index (χ0n) is 18.7. The van der Waals surface area contributed by atoms with Crippen LogP contribution in [0, 0.1) is 30.6 Å². The van der Waals surface area contributed by atoms with Crippen LogP contribution in [-0.4, -0.2) is 33.5 Å². The van der Waals surface area contributed by atoms with Gasteiger partial charge in [-0.2, -0.15) is 10.1 Å². The van der Waals surface area contributed by atoms with Gasteiger partial charge in [-0.3, -0.25) is 14.4 Å². The molecule has 3 aliphatic rings. The molecule has 2 aliphatic carbocycles. The van der Waals surface area contributed by atoms with Crippen LogP contribution in [-0.2, 0) is 20.9 Å². The van der Waals surface area contributed by atoms with E-state index in [1.165, 1.54) is 0 Å². The highest BCUT2D eigenvalue weighted by Gasteiger charge is 2.59. The van der Waals surface area contributed by atoms with Crippen LogP contribution in [0.25, 0.3) is 10.9 Å². The summed E-state index contributed by atoms with van der Waals surface area (Å²) in [6, 6.07) is 15.4. The number of nitrogens with zero attached hydrogens (tertiary/aromatic N) is 3. The minimum Gasteiger partial charge on any atom is -0.337 e. The summed E-state index contributed by atoms with van der Waals surface area (Å²) < 4.78 is 1.85. The Kier molecular flexibility index (Phi) is 4.72. The SMILES string of the molecule is Cc1ccc(NC(=O)Cn2cc(C=NN3C(=O)[C@@H]4[C@H](C3=O)[C@H]3C=C[C@H]4C3)c3ccccc32)cc1. The van der Waals surface area contributed by atoms with Crippen molar-refractivity contribution in [3.8, 4) is 0 Å². The largest absolute Gasteiger partial charge is 0.337 e. The van der Waals surface area contributed by atoms with Gasteiger partial charge in [0, 0.05) is 28.4 Å². The second-order valence-corrected chi connectivity index (χ2v) is 9.38. The lowest BCUT2D eigenvalue weighted by molar-refractivity contribution is -0.140. The molecule has 1 N–H and O–H groups in total. The van der Waals surface area contributed by atoms with E-state index in [1.807, 2.05) is 66.2 Å². The molecule has 2 aromatic carbocycles. The predicted octanol–water partition coefficient (Wildman–Crippen LogP) is 3.73. The number of nitrogens with one attached hydrogen (secondary N) is 1. The Morgan fingerprint density at radius 1 is 1.03 bits per heavy atom. The minimum atomic E-state index is -0.272. The number of hydrogen-bond acceptors (Lipinski definition) is 4. The molecule has 7 nitrogen and oxygen atoms in total. The highest BCUT2D eigenvalue weighted by Crippen LogP contribution is 2.52. The fourth-order valence-electron chi connectivity index (χ4n) is 5.62. The van der Waals surface area contributed by atoms with E-state index in [2.05, 4.69) is 22.6 Å². The summed E-state index contributed by atoms with van der Waals surface area (Å²) in [5.74, 6) is -0.790. The summed E-state index contributed by atoms with van der Waals surface area (Å²) in [5, 5.41) is 9.19. The smallest absolute Gasteiger partial charge is 0.254 e. The average molecular weight is 453 g/mol. The van der Waals surface area contributed by atoms with Gasteiger partial charge in [-0.1, -0.05) is 48.0 Å². The molecule has 2 bridgehead atoms. The number of rotatable bonds is 5. The lowest BCUT2D eigenvalue weighted by Gasteiger charge is -2.13. The number of amides is 3. The van der Waals surface area contributed by atoms with Crippen LogP contribution in [0.3, 0.4) is 0 Å². The first-order valence-corrected chi connectivity index (χ1v) is 11.5. The van der Waals surface area contributed by atoms with Gasteiger partial charge < -0.3 is 9.88 Å². The first-order valence-electron chi connectivity index (χ1n) is 11.5. The van der Waals surface area contributed by atoms with Gasteiger partial charge in [-0.15, -0.1) is 0 Å². The molecule has 1 aromatic heterocycles. The van der Waals surface area contributed by atoms with E-state index in [9.17, 15) is 14.4 Å². The Morgan fingerprint density at radius 2 is 1.71 bits per heavy atom. The van der Waals surface area contributed by atoms with Gasteiger partial charge in [0.2, 0.25) is 5.91 Å². The van der Waals surface area contributed by atoms with E-state index in [0.717, 1.165) is 39.1 Å². The van der Waals surface area contributed by atoms with Crippen molar-refractivity contribution in [1.29, 1.82) is 0 Å². The number of aromatic nitrogens is 1. The van der Waals surface area contributed by atoms with E-state index in [4.69, 9.17) is 0 Å². The first kappa shape index (κ1) is 20.6. The Balaban J connectivity index is 1.24. The lowest BCUT2D eigenvalue weighted by Crippen LogP contribution is -2.28. The number of fused-ring (bicyclic) bond motifs is 6. The number of hydrogen-bond donors (Lipinski definition) is 1. The molecule has 7 heteroatoms. The van der Waals surface area contributed by atoms with Crippen LogP contribution >= 0.6 is 0 Å². The maximum absolute atomic E-state index is 12.9. The highest BCUT2D eigenvalue weighted by molar-refractivity contribution is 6.08. The molecule has 3 aromatic rings. The maximum atomic E-state index is 12.9. The van der Waals surface area contributed by atoms with Crippen molar-refractivity contribution in [2.24, 2.45) is 28.8 Å². The number of allylic oxidation sites excluding steroid dienone is 2. The molecule has 170 valence electrons. The molecular weight excluding hydrogens is 428 g/mol. The Hall–Kier alpha value is -4.00. The van der Waals surface area contributed by atoms with E-state index in [1.54, 1.807) is 6.21 Å². The van der Waals surface area contributed by atoms with Gasteiger partial charge in [0.1, 0.15) is 6.54 Å². The van der Waals surface area contributed by atoms with Gasteiger partial charge >= 0.3 is 0 Å². The van der Waals surface area contributed by atoms with Crippen molar-refractivity contribution in [1.82, 2.24) is 9.58 Å². The number of aryl methyl sites for hydroxylation is 1. The van der Waals surface area contributed by atoms with Gasteiger partial charge in [0.05, 0.1) is 18.1 Å². The standard InChI is InChI=1S/C27H24N4O3/c1-16-6-10-20(11-7-16)29-23(32)15-30-14-19(21-4-2-3-5-22(21)30)13-28-31-26(33)24-17-8-9-18(12-17)25(24)27(31)34/h2-11,13-14,17-18,24-25H,12,15H2,1H3,(H,29,32)/t17-,18-,24-,25+/m0/s1. The summed E-state index contributed by atoms with van der Waals surface area (Å²) in [6.45, 7) is 2.13. The van der Waals surface area contributed by atoms with Crippen LogP contribution in [0.15, 0.2) is 72.0 Å². The number of benzene rings is 2. The molecular formula is C27H24N4O3. The van der Waals surface area contributed by atoms with Crippen LogP contribution < -0.4 is 5.32 Å². The summed E-state index contributed by atoms with van der Waals surface area (Å²) in [6.07, 6.45) is 8.42. The highest BCUT2D eigenvalue weighted by atomic mass is 16.2.